The minimum Gasteiger partial charge on any atom is -0.492 e. The minimum absolute atomic E-state index is 0.000237. The fourth-order valence-corrected chi connectivity index (χ4v) is 2.57. The molecule has 1 aliphatic heterocycles. The quantitative estimate of drug-likeness (QED) is 0.789. The number of para-hydroxylation sites is 1. The zero-order chi connectivity index (χ0) is 15.4. The molecule has 1 amide bonds. The third-order valence-electron chi connectivity index (χ3n) is 3.76. The number of methoxy groups -OCH3 is 1. The van der Waals surface area contributed by atoms with Crippen LogP contribution in [0, 0.1) is 11.8 Å². The highest BCUT2D eigenvalue weighted by atomic mass is 16.5. The molecule has 2 unspecified atom stereocenters. The van der Waals surface area contributed by atoms with Crippen molar-refractivity contribution in [3.05, 3.63) is 29.8 Å². The standard InChI is InChI=1S/C16H21NO4/c1-11(16(19)20-3)9-17(2)15(18)13-8-12-6-4-5-7-14(12)21-10-13/h4-7,11,13H,8-10H2,1-3H3. The lowest BCUT2D eigenvalue weighted by Gasteiger charge is -2.29. The number of nitrogens with zero attached hydrogens (tertiary/aromatic N) is 1. The Morgan fingerprint density at radius 2 is 2.14 bits per heavy atom. The van der Waals surface area contributed by atoms with Gasteiger partial charge in [0.15, 0.2) is 0 Å². The Morgan fingerprint density at radius 3 is 2.86 bits per heavy atom. The molecule has 1 aromatic rings. The van der Waals surface area contributed by atoms with Gasteiger partial charge in [0, 0.05) is 13.6 Å². The Labute approximate surface area is 124 Å². The molecule has 0 spiro atoms. The first-order valence-corrected chi connectivity index (χ1v) is 7.06. The molecule has 0 saturated heterocycles. The summed E-state index contributed by atoms with van der Waals surface area (Å²) in [6, 6.07) is 7.76. The van der Waals surface area contributed by atoms with Gasteiger partial charge in [-0.25, -0.2) is 0 Å². The summed E-state index contributed by atoms with van der Waals surface area (Å²) in [5, 5.41) is 0. The van der Waals surface area contributed by atoms with Gasteiger partial charge in [0.05, 0.1) is 18.9 Å². The van der Waals surface area contributed by atoms with Crippen LogP contribution in [0.5, 0.6) is 5.75 Å². The molecule has 0 aromatic heterocycles. The molecule has 0 N–H and O–H groups in total. The number of carbonyl (C=O) groups excluding carboxylic acids is 2. The fraction of sp³-hybridized carbons (Fsp3) is 0.500. The van der Waals surface area contributed by atoms with Gasteiger partial charge in [-0.15, -0.1) is 0 Å². The van der Waals surface area contributed by atoms with Gasteiger partial charge < -0.3 is 14.4 Å². The molecule has 0 radical (unpaired) electrons. The zero-order valence-electron chi connectivity index (χ0n) is 12.7. The Kier molecular flexibility index (Phi) is 4.83. The van der Waals surface area contributed by atoms with Crippen LogP contribution < -0.4 is 4.74 Å². The summed E-state index contributed by atoms with van der Waals surface area (Å²) in [6.07, 6.45) is 0.673. The molecular weight excluding hydrogens is 270 g/mol. The smallest absolute Gasteiger partial charge is 0.310 e. The van der Waals surface area contributed by atoms with E-state index in [-0.39, 0.29) is 23.7 Å². The van der Waals surface area contributed by atoms with E-state index in [1.54, 1.807) is 18.9 Å². The molecule has 0 bridgehead atoms. The van der Waals surface area contributed by atoms with Crippen molar-refractivity contribution in [1.82, 2.24) is 4.90 Å². The summed E-state index contributed by atoms with van der Waals surface area (Å²) in [7, 11) is 3.06. The van der Waals surface area contributed by atoms with E-state index in [0.717, 1.165) is 11.3 Å². The van der Waals surface area contributed by atoms with E-state index in [1.807, 2.05) is 24.3 Å². The molecule has 114 valence electrons. The van der Waals surface area contributed by atoms with E-state index in [2.05, 4.69) is 4.74 Å². The summed E-state index contributed by atoms with van der Waals surface area (Å²) >= 11 is 0. The SMILES string of the molecule is COC(=O)C(C)CN(C)C(=O)C1COc2ccccc2C1. The number of fused-ring (bicyclic) bond motifs is 1. The predicted octanol–water partition coefficient (Wildman–Crippen LogP) is 1.51. The van der Waals surface area contributed by atoms with Gasteiger partial charge in [0.2, 0.25) is 5.91 Å². The van der Waals surface area contributed by atoms with Crippen LogP contribution in [0.15, 0.2) is 24.3 Å². The van der Waals surface area contributed by atoms with E-state index in [1.165, 1.54) is 7.11 Å². The first-order chi connectivity index (χ1) is 10.0. The molecule has 5 heteroatoms. The largest absolute Gasteiger partial charge is 0.492 e. The molecule has 2 atom stereocenters. The molecule has 0 fully saturated rings. The molecule has 0 aliphatic carbocycles. The van der Waals surface area contributed by atoms with E-state index in [9.17, 15) is 9.59 Å². The normalized spacial score (nSPS) is 18.1. The molecule has 5 nitrogen and oxygen atoms in total. The highest BCUT2D eigenvalue weighted by Gasteiger charge is 2.29. The molecular formula is C16H21NO4. The van der Waals surface area contributed by atoms with Gasteiger partial charge in [0.1, 0.15) is 12.4 Å². The number of ether oxygens (including phenoxy) is 2. The number of benzene rings is 1. The average molecular weight is 291 g/mol. The van der Waals surface area contributed by atoms with Crippen molar-refractivity contribution in [2.24, 2.45) is 11.8 Å². The topological polar surface area (TPSA) is 55.8 Å². The lowest BCUT2D eigenvalue weighted by Crippen LogP contribution is -2.41. The highest BCUT2D eigenvalue weighted by Crippen LogP contribution is 2.27. The van der Waals surface area contributed by atoms with E-state index in [4.69, 9.17) is 4.74 Å². The number of esters is 1. The van der Waals surface area contributed by atoms with Gasteiger partial charge in [0.25, 0.3) is 0 Å². The zero-order valence-corrected chi connectivity index (χ0v) is 12.7. The maximum Gasteiger partial charge on any atom is 0.310 e. The van der Waals surface area contributed by atoms with Crippen LogP contribution >= 0.6 is 0 Å². The third kappa shape index (κ3) is 3.54. The van der Waals surface area contributed by atoms with Crippen molar-refractivity contribution in [3.63, 3.8) is 0 Å². The van der Waals surface area contributed by atoms with Crippen molar-refractivity contribution in [3.8, 4) is 5.75 Å². The highest BCUT2D eigenvalue weighted by molar-refractivity contribution is 5.80. The second-order valence-corrected chi connectivity index (χ2v) is 5.46. The summed E-state index contributed by atoms with van der Waals surface area (Å²) in [5.74, 6) is 0.0165. The van der Waals surface area contributed by atoms with E-state index >= 15 is 0 Å². The van der Waals surface area contributed by atoms with Crippen LogP contribution in [0.25, 0.3) is 0 Å². The van der Waals surface area contributed by atoms with E-state index < -0.39 is 0 Å². The van der Waals surface area contributed by atoms with Crippen molar-refractivity contribution >= 4 is 11.9 Å². The lowest BCUT2D eigenvalue weighted by atomic mass is 9.95. The van der Waals surface area contributed by atoms with Crippen LogP contribution in [0.3, 0.4) is 0 Å². The molecule has 0 saturated carbocycles. The van der Waals surface area contributed by atoms with Crippen LogP contribution in [-0.2, 0) is 20.7 Å². The van der Waals surface area contributed by atoms with Gasteiger partial charge in [-0.3, -0.25) is 9.59 Å². The molecule has 1 aromatic carbocycles. The van der Waals surface area contributed by atoms with E-state index in [0.29, 0.717) is 19.6 Å². The molecule has 1 heterocycles. The first-order valence-electron chi connectivity index (χ1n) is 7.06. The third-order valence-corrected chi connectivity index (χ3v) is 3.76. The lowest BCUT2D eigenvalue weighted by molar-refractivity contribution is -0.146. The number of rotatable bonds is 4. The molecule has 2 rings (SSSR count). The minimum atomic E-state index is -0.333. The van der Waals surface area contributed by atoms with Crippen molar-refractivity contribution in [2.45, 2.75) is 13.3 Å². The summed E-state index contributed by atoms with van der Waals surface area (Å²) < 4.78 is 10.3. The Hall–Kier alpha value is -2.04. The van der Waals surface area contributed by atoms with Gasteiger partial charge in [-0.2, -0.15) is 0 Å². The van der Waals surface area contributed by atoms with Gasteiger partial charge in [-0.1, -0.05) is 25.1 Å². The number of carbonyl (C=O) groups is 2. The maximum atomic E-state index is 12.4. The molecule has 21 heavy (non-hydrogen) atoms. The Morgan fingerprint density at radius 1 is 1.43 bits per heavy atom. The average Bonchev–Trinajstić information content (AvgIpc) is 2.52. The van der Waals surface area contributed by atoms with Crippen molar-refractivity contribution in [1.29, 1.82) is 0 Å². The van der Waals surface area contributed by atoms with Gasteiger partial charge in [-0.05, 0) is 18.1 Å². The molecule has 1 aliphatic rings. The van der Waals surface area contributed by atoms with Crippen molar-refractivity contribution in [2.75, 3.05) is 27.3 Å². The van der Waals surface area contributed by atoms with Crippen LogP contribution in [0.1, 0.15) is 12.5 Å². The summed E-state index contributed by atoms with van der Waals surface area (Å²) in [5.41, 5.74) is 1.05. The second kappa shape index (κ2) is 6.61. The monoisotopic (exact) mass is 291 g/mol. The van der Waals surface area contributed by atoms with Crippen LogP contribution in [-0.4, -0.2) is 44.1 Å². The maximum absolute atomic E-state index is 12.4. The van der Waals surface area contributed by atoms with Gasteiger partial charge >= 0.3 is 5.97 Å². The van der Waals surface area contributed by atoms with Crippen LogP contribution in [0.2, 0.25) is 0 Å². The summed E-state index contributed by atoms with van der Waals surface area (Å²) in [4.78, 5) is 25.5. The fourth-order valence-electron chi connectivity index (χ4n) is 2.57. The predicted molar refractivity (Wildman–Crippen MR) is 77.9 cm³/mol. The van der Waals surface area contributed by atoms with Crippen molar-refractivity contribution < 1.29 is 19.1 Å². The Bertz CT molecular complexity index is 529. The second-order valence-electron chi connectivity index (χ2n) is 5.46. The number of hydrogen-bond acceptors (Lipinski definition) is 4. The first kappa shape index (κ1) is 15.4. The van der Waals surface area contributed by atoms with Crippen LogP contribution in [0.4, 0.5) is 0 Å². The number of hydrogen-bond donors (Lipinski definition) is 0. The summed E-state index contributed by atoms with van der Waals surface area (Å²) in [6.45, 7) is 2.48. The Balaban J connectivity index is 1.96. The number of amides is 1.